The topological polar surface area (TPSA) is 57.6 Å². The van der Waals surface area contributed by atoms with Crippen molar-refractivity contribution in [1.29, 1.82) is 0 Å². The fourth-order valence-corrected chi connectivity index (χ4v) is 4.45. The summed E-state index contributed by atoms with van der Waals surface area (Å²) in [6.45, 7) is 2.19. The number of nitrogens with zero attached hydrogens (tertiary/aromatic N) is 1. The zero-order valence-corrected chi connectivity index (χ0v) is 12.4. The molecule has 1 N–H and O–H groups in total. The molecule has 0 bridgehead atoms. The van der Waals surface area contributed by atoms with Crippen LogP contribution in [0.25, 0.3) is 0 Å². The molecule has 1 fully saturated rings. The summed E-state index contributed by atoms with van der Waals surface area (Å²) in [5.74, 6) is -0.696. The zero-order chi connectivity index (χ0) is 14.8. The summed E-state index contributed by atoms with van der Waals surface area (Å²) in [6, 6.07) is 4.05. The Morgan fingerprint density at radius 3 is 2.85 bits per heavy atom. The van der Waals surface area contributed by atoms with Crippen LogP contribution in [0.2, 0.25) is 0 Å². The normalized spacial score (nSPS) is 20.4. The van der Waals surface area contributed by atoms with Crippen molar-refractivity contribution in [3.05, 3.63) is 29.6 Å². The Morgan fingerprint density at radius 2 is 2.20 bits per heavy atom. The van der Waals surface area contributed by atoms with Crippen molar-refractivity contribution < 1.29 is 17.9 Å². The predicted molar refractivity (Wildman–Crippen MR) is 74.4 cm³/mol. The first-order valence-electron chi connectivity index (χ1n) is 6.85. The smallest absolute Gasteiger partial charge is 0.246 e. The Hall–Kier alpha value is -0.980. The van der Waals surface area contributed by atoms with Crippen molar-refractivity contribution in [3.8, 4) is 0 Å². The van der Waals surface area contributed by atoms with Gasteiger partial charge in [0.25, 0.3) is 0 Å². The van der Waals surface area contributed by atoms with Gasteiger partial charge in [0.1, 0.15) is 10.7 Å². The fraction of sp³-hybridized carbons (Fsp3) is 0.571. The van der Waals surface area contributed by atoms with E-state index < -0.39 is 15.8 Å². The summed E-state index contributed by atoms with van der Waals surface area (Å²) in [6.07, 6.45) is 2.73. The second kappa shape index (κ2) is 6.20. The molecule has 0 saturated carbocycles. The van der Waals surface area contributed by atoms with Gasteiger partial charge in [-0.15, -0.1) is 0 Å². The van der Waals surface area contributed by atoms with Gasteiger partial charge in [0, 0.05) is 19.2 Å². The van der Waals surface area contributed by atoms with Gasteiger partial charge in [0.15, 0.2) is 0 Å². The summed E-state index contributed by atoms with van der Waals surface area (Å²) in [5, 5.41) is 8.88. The number of rotatable bonds is 5. The standard InChI is InChI=1S/C14H20FNO3S/c1-11-6-7-14(13(15)10-11)20(18,19)16-8-2-4-12(16)5-3-9-17/h6-7,10,12,17H,2-5,8-9H2,1H3/t12-/m1/s1. The van der Waals surface area contributed by atoms with Crippen LogP contribution in [0, 0.1) is 12.7 Å². The van der Waals surface area contributed by atoms with Gasteiger partial charge in [0.2, 0.25) is 10.0 Å². The molecule has 1 atom stereocenters. The maximum Gasteiger partial charge on any atom is 0.246 e. The summed E-state index contributed by atoms with van der Waals surface area (Å²) in [4.78, 5) is -0.251. The van der Waals surface area contributed by atoms with E-state index in [1.807, 2.05) is 0 Å². The van der Waals surface area contributed by atoms with Gasteiger partial charge in [-0.3, -0.25) is 0 Å². The lowest BCUT2D eigenvalue weighted by molar-refractivity contribution is 0.264. The van der Waals surface area contributed by atoms with E-state index in [2.05, 4.69) is 0 Å². The molecular weight excluding hydrogens is 281 g/mol. The molecule has 6 heteroatoms. The molecule has 4 nitrogen and oxygen atoms in total. The number of aryl methyl sites for hydroxylation is 1. The maximum absolute atomic E-state index is 13.9. The molecule has 20 heavy (non-hydrogen) atoms. The van der Waals surface area contributed by atoms with E-state index in [1.54, 1.807) is 13.0 Å². The van der Waals surface area contributed by atoms with Crippen LogP contribution in [0.4, 0.5) is 4.39 Å². The van der Waals surface area contributed by atoms with Gasteiger partial charge < -0.3 is 5.11 Å². The van der Waals surface area contributed by atoms with Crippen LogP contribution in [-0.2, 0) is 10.0 Å². The molecule has 0 spiro atoms. The van der Waals surface area contributed by atoms with E-state index in [0.717, 1.165) is 12.8 Å². The summed E-state index contributed by atoms with van der Waals surface area (Å²) in [5.41, 5.74) is 0.694. The molecule has 0 aromatic heterocycles. The number of aliphatic hydroxyl groups excluding tert-OH is 1. The average molecular weight is 301 g/mol. The van der Waals surface area contributed by atoms with Crippen LogP contribution in [0.1, 0.15) is 31.2 Å². The minimum Gasteiger partial charge on any atom is -0.396 e. The Labute approximate surface area is 119 Å². The lowest BCUT2D eigenvalue weighted by Crippen LogP contribution is -2.36. The van der Waals surface area contributed by atoms with Crippen molar-refractivity contribution >= 4 is 10.0 Å². The molecule has 1 aliphatic rings. The molecule has 1 aliphatic heterocycles. The highest BCUT2D eigenvalue weighted by atomic mass is 32.2. The number of sulfonamides is 1. The first-order chi connectivity index (χ1) is 9.46. The first kappa shape index (κ1) is 15.4. The molecule has 1 heterocycles. The van der Waals surface area contributed by atoms with Crippen LogP contribution in [0.15, 0.2) is 23.1 Å². The number of aliphatic hydroxyl groups is 1. The number of benzene rings is 1. The molecular formula is C14H20FNO3S. The van der Waals surface area contributed by atoms with Gasteiger partial charge in [-0.05, 0) is 50.3 Å². The largest absolute Gasteiger partial charge is 0.396 e. The van der Waals surface area contributed by atoms with Crippen LogP contribution in [0.3, 0.4) is 0 Å². The van der Waals surface area contributed by atoms with Gasteiger partial charge in [-0.2, -0.15) is 4.31 Å². The third-order valence-electron chi connectivity index (χ3n) is 3.69. The number of hydrogen-bond acceptors (Lipinski definition) is 3. The van der Waals surface area contributed by atoms with E-state index in [4.69, 9.17) is 5.11 Å². The average Bonchev–Trinajstić information content (AvgIpc) is 2.84. The van der Waals surface area contributed by atoms with Crippen molar-refractivity contribution in [1.82, 2.24) is 4.31 Å². The van der Waals surface area contributed by atoms with Crippen LogP contribution in [-0.4, -0.2) is 37.0 Å². The van der Waals surface area contributed by atoms with E-state index in [9.17, 15) is 12.8 Å². The van der Waals surface area contributed by atoms with Gasteiger partial charge in [0.05, 0.1) is 0 Å². The molecule has 0 amide bonds. The molecule has 1 aromatic rings. The number of halogens is 1. The highest BCUT2D eigenvalue weighted by Gasteiger charge is 2.36. The van der Waals surface area contributed by atoms with Crippen LogP contribution < -0.4 is 0 Å². The minimum absolute atomic E-state index is 0.0449. The second-order valence-corrected chi connectivity index (χ2v) is 7.07. The molecule has 0 radical (unpaired) electrons. The summed E-state index contributed by atoms with van der Waals surface area (Å²) >= 11 is 0. The molecule has 2 rings (SSSR count). The minimum atomic E-state index is -3.79. The summed E-state index contributed by atoms with van der Waals surface area (Å²) in [7, 11) is -3.79. The molecule has 0 unspecified atom stereocenters. The van der Waals surface area contributed by atoms with Crippen LogP contribution >= 0.6 is 0 Å². The van der Waals surface area contributed by atoms with E-state index >= 15 is 0 Å². The third kappa shape index (κ3) is 3.02. The lowest BCUT2D eigenvalue weighted by Gasteiger charge is -2.24. The van der Waals surface area contributed by atoms with Crippen molar-refractivity contribution in [2.75, 3.05) is 13.2 Å². The fourth-order valence-electron chi connectivity index (χ4n) is 2.68. The Balaban J connectivity index is 2.29. The van der Waals surface area contributed by atoms with Crippen molar-refractivity contribution in [3.63, 3.8) is 0 Å². The Kier molecular flexibility index (Phi) is 4.78. The van der Waals surface area contributed by atoms with E-state index in [1.165, 1.54) is 16.4 Å². The SMILES string of the molecule is Cc1ccc(S(=O)(=O)N2CCC[C@@H]2CCCO)c(F)c1. The maximum atomic E-state index is 13.9. The predicted octanol–water partition coefficient (Wildman–Crippen LogP) is 2.06. The Morgan fingerprint density at radius 1 is 1.45 bits per heavy atom. The van der Waals surface area contributed by atoms with Gasteiger partial charge >= 0.3 is 0 Å². The first-order valence-corrected chi connectivity index (χ1v) is 8.29. The molecule has 112 valence electrons. The quantitative estimate of drug-likeness (QED) is 0.905. The zero-order valence-electron chi connectivity index (χ0n) is 11.5. The highest BCUT2D eigenvalue weighted by Crippen LogP contribution is 2.29. The molecule has 1 saturated heterocycles. The van der Waals surface area contributed by atoms with Crippen LogP contribution in [0.5, 0.6) is 0 Å². The van der Waals surface area contributed by atoms with Crippen molar-refractivity contribution in [2.45, 2.75) is 43.5 Å². The Bertz CT molecular complexity index is 574. The van der Waals surface area contributed by atoms with Crippen molar-refractivity contribution in [2.24, 2.45) is 0 Å². The van der Waals surface area contributed by atoms with Gasteiger partial charge in [-0.25, -0.2) is 12.8 Å². The molecule has 1 aromatic carbocycles. The van der Waals surface area contributed by atoms with E-state index in [0.29, 0.717) is 24.9 Å². The molecule has 0 aliphatic carbocycles. The lowest BCUT2D eigenvalue weighted by atomic mass is 10.1. The summed E-state index contributed by atoms with van der Waals surface area (Å²) < 4.78 is 40.4. The second-order valence-electron chi connectivity index (χ2n) is 5.21. The van der Waals surface area contributed by atoms with Gasteiger partial charge in [-0.1, -0.05) is 6.07 Å². The third-order valence-corrected chi connectivity index (χ3v) is 5.68. The highest BCUT2D eigenvalue weighted by molar-refractivity contribution is 7.89. The number of hydrogen-bond donors (Lipinski definition) is 1. The van der Waals surface area contributed by atoms with E-state index in [-0.39, 0.29) is 17.5 Å². The monoisotopic (exact) mass is 301 g/mol.